The number of nitrogens with zero attached hydrogens (tertiary/aromatic N) is 2. The van der Waals surface area contributed by atoms with Crippen LogP contribution in [0.4, 0.5) is 5.82 Å². The molecule has 0 radical (unpaired) electrons. The summed E-state index contributed by atoms with van der Waals surface area (Å²) in [5.41, 5.74) is 7.52. The van der Waals surface area contributed by atoms with Gasteiger partial charge in [0.05, 0.1) is 25.3 Å². The first-order valence-electron chi connectivity index (χ1n) is 9.23. The van der Waals surface area contributed by atoms with Crippen LogP contribution in [-0.4, -0.2) is 30.2 Å². The van der Waals surface area contributed by atoms with Crippen molar-refractivity contribution in [2.75, 3.05) is 25.6 Å². The van der Waals surface area contributed by atoms with Crippen LogP contribution >= 0.6 is 15.9 Å². The van der Waals surface area contributed by atoms with Crippen LogP contribution in [0.2, 0.25) is 0 Å². The zero-order chi connectivity index (χ0) is 20.1. The quantitative estimate of drug-likeness (QED) is 0.493. The van der Waals surface area contributed by atoms with Crippen LogP contribution in [0, 0.1) is 6.92 Å². The van der Waals surface area contributed by atoms with Gasteiger partial charge in [-0.05, 0) is 50.6 Å². The van der Waals surface area contributed by atoms with Crippen LogP contribution in [0.3, 0.4) is 0 Å². The number of aryl methyl sites for hydroxylation is 1. The minimum absolute atomic E-state index is 0.0708. The molecule has 28 heavy (non-hydrogen) atoms. The molecule has 0 aliphatic heterocycles. The normalized spacial score (nSPS) is 12.0. The number of nitrogens with two attached hydrogens (primary N) is 1. The lowest BCUT2D eigenvalue weighted by Gasteiger charge is -2.18. The predicted molar refractivity (Wildman–Crippen MR) is 116 cm³/mol. The number of hydrogen-bond donors (Lipinski definition) is 2. The summed E-state index contributed by atoms with van der Waals surface area (Å²) in [6, 6.07) is 12.1. The fourth-order valence-electron chi connectivity index (χ4n) is 2.96. The number of fused-ring (bicyclic) bond motifs is 1. The Labute approximate surface area is 173 Å². The van der Waals surface area contributed by atoms with Crippen LogP contribution < -0.4 is 20.5 Å². The maximum Gasteiger partial charge on any atom is 0.163 e. The summed E-state index contributed by atoms with van der Waals surface area (Å²) < 4.78 is 12.4. The molecule has 0 bridgehead atoms. The molecular formula is C21H25BrN4O2. The van der Waals surface area contributed by atoms with E-state index in [-0.39, 0.29) is 6.04 Å². The number of nitrogens with one attached hydrogen (secondary N) is 1. The first-order chi connectivity index (χ1) is 13.5. The molecule has 1 aromatic heterocycles. The lowest BCUT2D eigenvalue weighted by molar-refractivity contribution is 0.292. The van der Waals surface area contributed by atoms with Gasteiger partial charge in [0.1, 0.15) is 11.6 Å². The molecule has 0 spiro atoms. The van der Waals surface area contributed by atoms with Gasteiger partial charge in [-0.25, -0.2) is 9.97 Å². The molecule has 1 atom stereocenters. The number of anilines is 1. The minimum atomic E-state index is 0.0708. The molecule has 3 aromatic rings. The maximum atomic E-state index is 5.83. The van der Waals surface area contributed by atoms with Crippen molar-refractivity contribution in [1.29, 1.82) is 0 Å². The van der Waals surface area contributed by atoms with Gasteiger partial charge in [-0.3, -0.25) is 0 Å². The highest BCUT2D eigenvalue weighted by atomic mass is 79.9. The Hall–Kier alpha value is -2.38. The molecule has 1 heterocycles. The maximum absolute atomic E-state index is 5.83. The van der Waals surface area contributed by atoms with E-state index in [1.807, 2.05) is 31.2 Å². The highest BCUT2D eigenvalue weighted by Crippen LogP contribution is 2.35. The van der Waals surface area contributed by atoms with Crippen LogP contribution in [0.15, 0.2) is 40.9 Å². The Morgan fingerprint density at radius 1 is 1.18 bits per heavy atom. The van der Waals surface area contributed by atoms with E-state index >= 15 is 0 Å². The number of ether oxygens (including phenoxy) is 2. The van der Waals surface area contributed by atoms with Crippen LogP contribution in [0.25, 0.3) is 10.9 Å². The van der Waals surface area contributed by atoms with Gasteiger partial charge in [0.15, 0.2) is 11.5 Å². The molecule has 0 saturated carbocycles. The van der Waals surface area contributed by atoms with E-state index in [2.05, 4.69) is 50.3 Å². The number of benzene rings is 2. The van der Waals surface area contributed by atoms with E-state index in [1.54, 1.807) is 7.11 Å². The molecule has 7 heteroatoms. The summed E-state index contributed by atoms with van der Waals surface area (Å²) in [7, 11) is 1.63. The van der Waals surface area contributed by atoms with Crippen molar-refractivity contribution in [3.63, 3.8) is 0 Å². The predicted octanol–water partition coefficient (Wildman–Crippen LogP) is 4.61. The fourth-order valence-corrected chi connectivity index (χ4v) is 3.38. The first-order valence-corrected chi connectivity index (χ1v) is 10.0. The van der Waals surface area contributed by atoms with Gasteiger partial charge in [0.2, 0.25) is 0 Å². The molecule has 0 amide bonds. The Kier molecular flexibility index (Phi) is 6.70. The molecule has 148 valence electrons. The summed E-state index contributed by atoms with van der Waals surface area (Å²) in [4.78, 5) is 9.20. The number of rotatable bonds is 8. The zero-order valence-electron chi connectivity index (χ0n) is 16.3. The third-order valence-corrected chi connectivity index (χ3v) is 4.89. The van der Waals surface area contributed by atoms with Gasteiger partial charge in [0.25, 0.3) is 0 Å². The first kappa shape index (κ1) is 20.4. The van der Waals surface area contributed by atoms with Gasteiger partial charge in [0, 0.05) is 15.9 Å². The van der Waals surface area contributed by atoms with Crippen LogP contribution in [0.5, 0.6) is 11.5 Å². The van der Waals surface area contributed by atoms with Gasteiger partial charge >= 0.3 is 0 Å². The molecule has 2 aromatic carbocycles. The molecule has 6 nitrogen and oxygen atoms in total. The fraction of sp³-hybridized carbons (Fsp3) is 0.333. The lowest BCUT2D eigenvalue weighted by Crippen LogP contribution is -2.10. The summed E-state index contributed by atoms with van der Waals surface area (Å²) in [6.45, 7) is 5.10. The SMILES string of the molecule is COc1cc2c(N[C@H](C)c3cccc(Br)c3)nc(C)nc2cc1OCCCN. The van der Waals surface area contributed by atoms with Gasteiger partial charge in [-0.1, -0.05) is 28.1 Å². The van der Waals surface area contributed by atoms with E-state index in [4.69, 9.17) is 15.2 Å². The van der Waals surface area contributed by atoms with Crippen molar-refractivity contribution >= 4 is 32.7 Å². The van der Waals surface area contributed by atoms with Crippen molar-refractivity contribution < 1.29 is 9.47 Å². The highest BCUT2D eigenvalue weighted by Gasteiger charge is 2.15. The van der Waals surface area contributed by atoms with Crippen molar-refractivity contribution in [1.82, 2.24) is 9.97 Å². The van der Waals surface area contributed by atoms with E-state index in [9.17, 15) is 0 Å². The third kappa shape index (κ3) is 4.72. The molecule has 0 saturated heterocycles. The zero-order valence-corrected chi connectivity index (χ0v) is 17.9. The van der Waals surface area contributed by atoms with Crippen molar-refractivity contribution in [3.8, 4) is 11.5 Å². The van der Waals surface area contributed by atoms with Crippen molar-refractivity contribution in [2.24, 2.45) is 5.73 Å². The molecule has 0 fully saturated rings. The smallest absolute Gasteiger partial charge is 0.163 e. The number of halogens is 1. The number of methoxy groups -OCH3 is 1. The average molecular weight is 445 g/mol. The largest absolute Gasteiger partial charge is 0.493 e. The second-order valence-electron chi connectivity index (χ2n) is 6.55. The van der Waals surface area contributed by atoms with Gasteiger partial charge < -0.3 is 20.5 Å². The van der Waals surface area contributed by atoms with E-state index in [0.717, 1.165) is 33.2 Å². The summed E-state index contributed by atoms with van der Waals surface area (Å²) in [5, 5.41) is 4.39. The second kappa shape index (κ2) is 9.21. The Morgan fingerprint density at radius 2 is 2.00 bits per heavy atom. The highest BCUT2D eigenvalue weighted by molar-refractivity contribution is 9.10. The van der Waals surface area contributed by atoms with Crippen molar-refractivity contribution in [3.05, 3.63) is 52.3 Å². The molecule has 0 aliphatic carbocycles. The molecule has 0 aliphatic rings. The number of hydrogen-bond acceptors (Lipinski definition) is 6. The molecule has 0 unspecified atom stereocenters. The average Bonchev–Trinajstić information content (AvgIpc) is 2.67. The van der Waals surface area contributed by atoms with Crippen molar-refractivity contribution in [2.45, 2.75) is 26.3 Å². The van der Waals surface area contributed by atoms with E-state index in [0.29, 0.717) is 30.5 Å². The van der Waals surface area contributed by atoms with Crippen LogP contribution in [0.1, 0.15) is 30.8 Å². The standard InChI is InChI=1S/C21H25BrN4O2/c1-13(15-6-4-7-16(22)10-15)24-21-17-11-19(27-3)20(28-9-5-8-23)12-18(17)25-14(2)26-21/h4,6-7,10-13H,5,8-9,23H2,1-3H3,(H,24,25,26)/t13-/m1/s1. The van der Waals surface area contributed by atoms with Crippen LogP contribution in [-0.2, 0) is 0 Å². The monoisotopic (exact) mass is 444 g/mol. The second-order valence-corrected chi connectivity index (χ2v) is 7.47. The van der Waals surface area contributed by atoms with E-state index in [1.165, 1.54) is 0 Å². The Morgan fingerprint density at radius 3 is 2.71 bits per heavy atom. The number of aromatic nitrogens is 2. The molecule has 3 N–H and O–H groups in total. The Bertz CT molecular complexity index is 965. The van der Waals surface area contributed by atoms with E-state index < -0.39 is 0 Å². The Balaban J connectivity index is 1.97. The molecular weight excluding hydrogens is 420 g/mol. The minimum Gasteiger partial charge on any atom is -0.493 e. The summed E-state index contributed by atoms with van der Waals surface area (Å²) in [5.74, 6) is 2.76. The van der Waals surface area contributed by atoms with Gasteiger partial charge in [-0.2, -0.15) is 0 Å². The summed E-state index contributed by atoms with van der Waals surface area (Å²) >= 11 is 3.53. The topological polar surface area (TPSA) is 82.3 Å². The third-order valence-electron chi connectivity index (χ3n) is 4.40. The van der Waals surface area contributed by atoms with Gasteiger partial charge in [-0.15, -0.1) is 0 Å². The summed E-state index contributed by atoms with van der Waals surface area (Å²) in [6.07, 6.45) is 0.779. The lowest BCUT2D eigenvalue weighted by atomic mass is 10.1. The molecule has 3 rings (SSSR count).